The minimum Gasteiger partial charge on any atom is -0.379 e. The van der Waals surface area contributed by atoms with E-state index in [2.05, 4.69) is 55.6 Å². The SMILES string of the molecule is CC(C)c1ccc(CN2CCCC(O)(CNCCc3ccccc3)C2=O)cc1. The molecule has 0 radical (unpaired) electrons. The second kappa shape index (κ2) is 9.35. The van der Waals surface area contributed by atoms with Crippen molar-refractivity contribution in [3.8, 4) is 0 Å². The third kappa shape index (κ3) is 5.21. The summed E-state index contributed by atoms with van der Waals surface area (Å²) in [6.45, 7) is 6.67. The molecule has 1 unspecified atom stereocenters. The Hall–Kier alpha value is -2.17. The summed E-state index contributed by atoms with van der Waals surface area (Å²) in [5.74, 6) is 0.344. The van der Waals surface area contributed by atoms with Gasteiger partial charge in [-0.2, -0.15) is 0 Å². The standard InChI is InChI=1S/C24H32N2O2/c1-19(2)22-11-9-21(10-12-22)17-26-16-6-14-24(28,23(26)27)18-25-15-13-20-7-4-3-5-8-20/h3-5,7-12,19,25,28H,6,13-18H2,1-2H3. The van der Waals surface area contributed by atoms with Crippen molar-refractivity contribution >= 4 is 5.91 Å². The second-order valence-electron chi connectivity index (χ2n) is 8.17. The number of rotatable bonds is 8. The number of benzene rings is 2. The van der Waals surface area contributed by atoms with Crippen molar-refractivity contribution in [1.29, 1.82) is 0 Å². The molecule has 4 nitrogen and oxygen atoms in total. The summed E-state index contributed by atoms with van der Waals surface area (Å²) in [6, 6.07) is 18.7. The number of carbonyl (C=O) groups is 1. The smallest absolute Gasteiger partial charge is 0.256 e. The Morgan fingerprint density at radius 2 is 1.79 bits per heavy atom. The molecule has 1 fully saturated rings. The van der Waals surface area contributed by atoms with Crippen LogP contribution in [0.15, 0.2) is 54.6 Å². The highest BCUT2D eigenvalue weighted by Gasteiger charge is 2.41. The van der Waals surface area contributed by atoms with Crippen molar-refractivity contribution in [2.24, 2.45) is 0 Å². The summed E-state index contributed by atoms with van der Waals surface area (Å²) in [7, 11) is 0. The number of nitrogens with one attached hydrogen (secondary N) is 1. The third-order valence-corrected chi connectivity index (χ3v) is 5.57. The summed E-state index contributed by atoms with van der Waals surface area (Å²) in [5.41, 5.74) is 2.36. The van der Waals surface area contributed by atoms with E-state index in [4.69, 9.17) is 0 Å². The molecule has 0 bridgehead atoms. The predicted octanol–water partition coefficient (Wildman–Crippen LogP) is 3.50. The number of piperidine rings is 1. The number of carbonyl (C=O) groups excluding carboxylic acids is 1. The molecule has 1 aliphatic rings. The molecule has 2 N–H and O–H groups in total. The summed E-state index contributed by atoms with van der Waals surface area (Å²) in [4.78, 5) is 14.7. The Labute approximate surface area is 168 Å². The highest BCUT2D eigenvalue weighted by Crippen LogP contribution is 2.24. The predicted molar refractivity (Wildman–Crippen MR) is 113 cm³/mol. The van der Waals surface area contributed by atoms with Crippen molar-refractivity contribution in [3.63, 3.8) is 0 Å². The maximum Gasteiger partial charge on any atom is 0.256 e. The molecular formula is C24H32N2O2. The monoisotopic (exact) mass is 380 g/mol. The van der Waals surface area contributed by atoms with Crippen LogP contribution in [0.3, 0.4) is 0 Å². The van der Waals surface area contributed by atoms with Crippen molar-refractivity contribution in [2.75, 3.05) is 19.6 Å². The number of amides is 1. The fourth-order valence-electron chi connectivity index (χ4n) is 3.78. The Balaban J connectivity index is 1.53. The van der Waals surface area contributed by atoms with Crippen molar-refractivity contribution < 1.29 is 9.90 Å². The van der Waals surface area contributed by atoms with E-state index >= 15 is 0 Å². The molecule has 4 heteroatoms. The number of nitrogens with zero attached hydrogens (tertiary/aromatic N) is 1. The first-order valence-electron chi connectivity index (χ1n) is 10.3. The van der Waals surface area contributed by atoms with Crippen LogP contribution in [-0.2, 0) is 17.8 Å². The van der Waals surface area contributed by atoms with E-state index in [1.54, 1.807) is 4.90 Å². The van der Waals surface area contributed by atoms with Crippen LogP contribution in [0, 0.1) is 0 Å². The Kier molecular flexibility index (Phi) is 6.87. The van der Waals surface area contributed by atoms with Crippen LogP contribution >= 0.6 is 0 Å². The van der Waals surface area contributed by atoms with E-state index in [1.807, 2.05) is 18.2 Å². The van der Waals surface area contributed by atoms with Gasteiger partial charge in [-0.1, -0.05) is 68.4 Å². The van der Waals surface area contributed by atoms with Crippen molar-refractivity contribution in [1.82, 2.24) is 10.2 Å². The molecule has 0 saturated carbocycles. The Morgan fingerprint density at radius 1 is 1.07 bits per heavy atom. The van der Waals surface area contributed by atoms with Gasteiger partial charge in [-0.05, 0) is 48.4 Å². The number of hydrogen-bond donors (Lipinski definition) is 2. The molecule has 1 atom stereocenters. The lowest BCUT2D eigenvalue weighted by Crippen LogP contribution is -2.57. The first kappa shape index (κ1) is 20.6. The third-order valence-electron chi connectivity index (χ3n) is 5.57. The molecule has 1 amide bonds. The van der Waals surface area contributed by atoms with Gasteiger partial charge < -0.3 is 15.3 Å². The van der Waals surface area contributed by atoms with Crippen LogP contribution in [0.4, 0.5) is 0 Å². The van der Waals surface area contributed by atoms with E-state index in [0.717, 1.165) is 24.9 Å². The van der Waals surface area contributed by atoms with Crippen LogP contribution in [0.1, 0.15) is 49.3 Å². The van der Waals surface area contributed by atoms with Gasteiger partial charge in [0, 0.05) is 19.6 Å². The van der Waals surface area contributed by atoms with Gasteiger partial charge in [0.25, 0.3) is 5.91 Å². The van der Waals surface area contributed by atoms with Gasteiger partial charge in [-0.15, -0.1) is 0 Å². The van der Waals surface area contributed by atoms with Gasteiger partial charge in [0.1, 0.15) is 0 Å². The number of aliphatic hydroxyl groups is 1. The lowest BCUT2D eigenvalue weighted by atomic mass is 9.91. The first-order valence-corrected chi connectivity index (χ1v) is 10.3. The molecule has 3 rings (SSSR count). The zero-order valence-electron chi connectivity index (χ0n) is 17.0. The summed E-state index contributed by atoms with van der Waals surface area (Å²) >= 11 is 0. The topological polar surface area (TPSA) is 52.6 Å². The molecule has 1 saturated heterocycles. The van der Waals surface area contributed by atoms with Crippen LogP contribution < -0.4 is 5.32 Å². The first-order chi connectivity index (χ1) is 13.5. The van der Waals surface area contributed by atoms with Crippen LogP contribution in [0.25, 0.3) is 0 Å². The largest absolute Gasteiger partial charge is 0.379 e. The number of likely N-dealkylation sites (tertiary alicyclic amines) is 1. The molecule has 28 heavy (non-hydrogen) atoms. The van der Waals surface area contributed by atoms with Crippen molar-refractivity contribution in [3.05, 3.63) is 71.3 Å². The maximum absolute atomic E-state index is 12.9. The molecule has 0 spiro atoms. The molecule has 2 aromatic rings. The van der Waals surface area contributed by atoms with E-state index < -0.39 is 5.60 Å². The summed E-state index contributed by atoms with van der Waals surface area (Å²) < 4.78 is 0. The zero-order chi connectivity index (χ0) is 20.0. The zero-order valence-corrected chi connectivity index (χ0v) is 17.0. The van der Waals surface area contributed by atoms with Gasteiger partial charge in [0.15, 0.2) is 5.60 Å². The normalized spacial score (nSPS) is 20.0. The second-order valence-corrected chi connectivity index (χ2v) is 8.17. The van der Waals surface area contributed by atoms with Gasteiger partial charge in [0.05, 0.1) is 0 Å². The lowest BCUT2D eigenvalue weighted by molar-refractivity contribution is -0.157. The van der Waals surface area contributed by atoms with Gasteiger partial charge >= 0.3 is 0 Å². The summed E-state index contributed by atoms with van der Waals surface area (Å²) in [5, 5.41) is 14.2. The van der Waals surface area contributed by atoms with Crippen molar-refractivity contribution in [2.45, 2.75) is 51.2 Å². The average molecular weight is 381 g/mol. The molecule has 0 aromatic heterocycles. The highest BCUT2D eigenvalue weighted by atomic mass is 16.3. The molecule has 0 aliphatic carbocycles. The van der Waals surface area contributed by atoms with E-state index in [9.17, 15) is 9.90 Å². The lowest BCUT2D eigenvalue weighted by Gasteiger charge is -2.38. The molecular weight excluding hydrogens is 348 g/mol. The summed E-state index contributed by atoms with van der Waals surface area (Å²) in [6.07, 6.45) is 2.23. The Morgan fingerprint density at radius 3 is 2.46 bits per heavy atom. The van der Waals surface area contributed by atoms with Crippen LogP contribution in [0.5, 0.6) is 0 Å². The minimum absolute atomic E-state index is 0.154. The average Bonchev–Trinajstić information content (AvgIpc) is 2.70. The van der Waals surface area contributed by atoms with Gasteiger partial charge in [-0.3, -0.25) is 4.79 Å². The minimum atomic E-state index is -1.30. The maximum atomic E-state index is 12.9. The van der Waals surface area contributed by atoms with E-state index in [0.29, 0.717) is 32.0 Å². The van der Waals surface area contributed by atoms with Gasteiger partial charge in [0.2, 0.25) is 0 Å². The molecule has 2 aromatic carbocycles. The highest BCUT2D eigenvalue weighted by molar-refractivity contribution is 5.86. The van der Waals surface area contributed by atoms with Gasteiger partial charge in [-0.25, -0.2) is 0 Å². The fourth-order valence-corrected chi connectivity index (χ4v) is 3.78. The molecule has 1 heterocycles. The number of hydrogen-bond acceptors (Lipinski definition) is 3. The quantitative estimate of drug-likeness (QED) is 0.689. The van der Waals surface area contributed by atoms with Crippen LogP contribution in [0.2, 0.25) is 0 Å². The van der Waals surface area contributed by atoms with E-state index in [-0.39, 0.29) is 5.91 Å². The van der Waals surface area contributed by atoms with Crippen LogP contribution in [-0.4, -0.2) is 41.1 Å². The van der Waals surface area contributed by atoms with E-state index in [1.165, 1.54) is 11.1 Å². The molecule has 1 aliphatic heterocycles. The Bertz CT molecular complexity index is 758. The fraction of sp³-hybridized carbons (Fsp3) is 0.458. The molecule has 150 valence electrons.